The summed E-state index contributed by atoms with van der Waals surface area (Å²) in [4.78, 5) is 5.33. The fourth-order valence-corrected chi connectivity index (χ4v) is 3.85. The van der Waals surface area contributed by atoms with Gasteiger partial charge in [-0.1, -0.05) is 0 Å². The molecule has 4 nitrogen and oxygen atoms in total. The third kappa shape index (κ3) is 2.31. The van der Waals surface area contributed by atoms with Gasteiger partial charge in [0.1, 0.15) is 0 Å². The van der Waals surface area contributed by atoms with Gasteiger partial charge in [0.25, 0.3) is 0 Å². The van der Waals surface area contributed by atoms with Crippen LogP contribution < -0.4 is 5.73 Å². The highest BCUT2D eigenvalue weighted by molar-refractivity contribution is 5.06. The topological polar surface area (TPSA) is 41.7 Å². The van der Waals surface area contributed by atoms with Crippen molar-refractivity contribution in [2.24, 2.45) is 5.73 Å². The Morgan fingerprint density at radius 2 is 2.11 bits per heavy atom. The maximum Gasteiger partial charge on any atom is 0.0593 e. The highest BCUT2D eigenvalue weighted by Crippen LogP contribution is 2.39. The normalized spacial score (nSPS) is 40.0. The minimum atomic E-state index is 0.218. The van der Waals surface area contributed by atoms with Crippen molar-refractivity contribution in [3.8, 4) is 0 Å². The van der Waals surface area contributed by atoms with Crippen LogP contribution in [-0.2, 0) is 4.74 Å². The zero-order valence-electron chi connectivity index (χ0n) is 11.6. The standard InChI is InChI=1S/C14H27N3O/c1-12-9-14(10-15,11-17(12)13-3-4-13)16-5-2-7-18-8-6-16/h12-13H,2-11,15H2,1H3. The van der Waals surface area contributed by atoms with Gasteiger partial charge < -0.3 is 10.5 Å². The molecule has 0 bridgehead atoms. The summed E-state index contributed by atoms with van der Waals surface area (Å²) in [5.74, 6) is 0. The molecule has 104 valence electrons. The lowest BCUT2D eigenvalue weighted by atomic mass is 9.93. The summed E-state index contributed by atoms with van der Waals surface area (Å²) < 4.78 is 5.59. The summed E-state index contributed by atoms with van der Waals surface area (Å²) in [5.41, 5.74) is 6.40. The average molecular weight is 253 g/mol. The molecule has 2 atom stereocenters. The minimum Gasteiger partial charge on any atom is -0.380 e. The molecule has 4 heteroatoms. The molecule has 0 aromatic heterocycles. The SMILES string of the molecule is CC1CC(CN)(N2CCCOCC2)CN1C1CC1. The Morgan fingerprint density at radius 3 is 2.83 bits per heavy atom. The molecule has 18 heavy (non-hydrogen) atoms. The summed E-state index contributed by atoms with van der Waals surface area (Å²) >= 11 is 0. The summed E-state index contributed by atoms with van der Waals surface area (Å²) in [6.45, 7) is 8.35. The summed E-state index contributed by atoms with van der Waals surface area (Å²) in [6, 6.07) is 1.56. The number of ether oxygens (including phenoxy) is 1. The molecule has 0 spiro atoms. The lowest BCUT2D eigenvalue weighted by molar-refractivity contribution is 0.0854. The van der Waals surface area contributed by atoms with E-state index in [1.807, 2.05) is 0 Å². The van der Waals surface area contributed by atoms with Crippen LogP contribution in [0.3, 0.4) is 0 Å². The first kappa shape index (κ1) is 12.9. The molecule has 0 aromatic rings. The van der Waals surface area contributed by atoms with Gasteiger partial charge in [0.05, 0.1) is 6.61 Å². The summed E-state index contributed by atoms with van der Waals surface area (Å²) in [7, 11) is 0. The van der Waals surface area contributed by atoms with E-state index >= 15 is 0 Å². The van der Waals surface area contributed by atoms with Gasteiger partial charge in [-0.15, -0.1) is 0 Å². The lowest BCUT2D eigenvalue weighted by Gasteiger charge is -2.40. The zero-order chi connectivity index (χ0) is 12.6. The van der Waals surface area contributed by atoms with Crippen LogP contribution in [0.5, 0.6) is 0 Å². The molecule has 3 aliphatic rings. The molecule has 2 heterocycles. The van der Waals surface area contributed by atoms with Crippen LogP contribution in [-0.4, -0.2) is 66.8 Å². The van der Waals surface area contributed by atoms with Gasteiger partial charge in [0.2, 0.25) is 0 Å². The lowest BCUT2D eigenvalue weighted by Crippen LogP contribution is -2.56. The maximum absolute atomic E-state index is 6.19. The molecular weight excluding hydrogens is 226 g/mol. The van der Waals surface area contributed by atoms with Gasteiger partial charge in [-0.2, -0.15) is 0 Å². The van der Waals surface area contributed by atoms with Crippen molar-refractivity contribution in [1.29, 1.82) is 0 Å². The number of nitrogens with zero attached hydrogens (tertiary/aromatic N) is 2. The Hall–Kier alpha value is -0.160. The van der Waals surface area contributed by atoms with E-state index in [1.54, 1.807) is 0 Å². The highest BCUT2D eigenvalue weighted by Gasteiger charge is 2.49. The molecule has 2 N–H and O–H groups in total. The van der Waals surface area contributed by atoms with Crippen molar-refractivity contribution in [2.75, 3.05) is 39.4 Å². The van der Waals surface area contributed by atoms with Crippen LogP contribution >= 0.6 is 0 Å². The van der Waals surface area contributed by atoms with Crippen LogP contribution in [0.1, 0.15) is 32.6 Å². The first-order valence-electron chi connectivity index (χ1n) is 7.54. The Balaban J connectivity index is 1.73. The largest absolute Gasteiger partial charge is 0.380 e. The predicted molar refractivity (Wildman–Crippen MR) is 72.6 cm³/mol. The average Bonchev–Trinajstić information content (AvgIpc) is 3.18. The van der Waals surface area contributed by atoms with E-state index in [2.05, 4.69) is 16.7 Å². The molecule has 1 saturated carbocycles. The number of likely N-dealkylation sites (tertiary alicyclic amines) is 1. The molecule has 3 fully saturated rings. The van der Waals surface area contributed by atoms with E-state index < -0.39 is 0 Å². The van der Waals surface area contributed by atoms with Crippen molar-refractivity contribution in [3.05, 3.63) is 0 Å². The van der Waals surface area contributed by atoms with Gasteiger partial charge in [-0.3, -0.25) is 9.80 Å². The maximum atomic E-state index is 6.19. The van der Waals surface area contributed by atoms with Crippen molar-refractivity contribution < 1.29 is 4.74 Å². The fourth-order valence-electron chi connectivity index (χ4n) is 3.85. The molecule has 2 unspecified atom stereocenters. The molecule has 2 saturated heterocycles. The van der Waals surface area contributed by atoms with Crippen LogP contribution in [0.15, 0.2) is 0 Å². The summed E-state index contributed by atoms with van der Waals surface area (Å²) in [5, 5.41) is 0. The third-order valence-electron chi connectivity index (χ3n) is 5.01. The number of hydrogen-bond donors (Lipinski definition) is 1. The smallest absolute Gasteiger partial charge is 0.0593 e. The molecule has 1 aliphatic carbocycles. The Morgan fingerprint density at radius 1 is 1.28 bits per heavy atom. The molecule has 2 aliphatic heterocycles. The predicted octanol–water partition coefficient (Wildman–Crippen LogP) is 0.663. The molecule has 3 rings (SSSR count). The van der Waals surface area contributed by atoms with Crippen molar-refractivity contribution in [1.82, 2.24) is 9.80 Å². The van der Waals surface area contributed by atoms with Crippen molar-refractivity contribution in [3.63, 3.8) is 0 Å². The van der Waals surface area contributed by atoms with E-state index in [1.165, 1.54) is 25.8 Å². The Labute approximate surface area is 110 Å². The molecule has 0 radical (unpaired) electrons. The molecular formula is C14H27N3O. The van der Waals surface area contributed by atoms with Gasteiger partial charge in [-0.05, 0) is 32.6 Å². The van der Waals surface area contributed by atoms with E-state index in [9.17, 15) is 0 Å². The van der Waals surface area contributed by atoms with Crippen LogP contribution in [0.4, 0.5) is 0 Å². The van der Waals surface area contributed by atoms with Gasteiger partial charge >= 0.3 is 0 Å². The highest BCUT2D eigenvalue weighted by atomic mass is 16.5. The second-order valence-corrected chi connectivity index (χ2v) is 6.34. The van der Waals surface area contributed by atoms with Crippen molar-refractivity contribution in [2.45, 2.75) is 50.2 Å². The number of hydrogen-bond acceptors (Lipinski definition) is 4. The van der Waals surface area contributed by atoms with E-state index in [4.69, 9.17) is 10.5 Å². The molecule has 0 amide bonds. The van der Waals surface area contributed by atoms with E-state index in [-0.39, 0.29) is 5.54 Å². The second kappa shape index (κ2) is 5.08. The van der Waals surface area contributed by atoms with E-state index in [0.29, 0.717) is 6.04 Å². The number of rotatable bonds is 3. The Kier molecular flexibility index (Phi) is 3.63. The van der Waals surface area contributed by atoms with E-state index in [0.717, 1.165) is 45.3 Å². The van der Waals surface area contributed by atoms with Gasteiger partial charge in [0, 0.05) is 50.4 Å². The number of nitrogens with two attached hydrogens (primary N) is 1. The Bertz CT molecular complexity index is 287. The zero-order valence-corrected chi connectivity index (χ0v) is 11.6. The minimum absolute atomic E-state index is 0.218. The first-order valence-corrected chi connectivity index (χ1v) is 7.54. The first-order chi connectivity index (χ1) is 8.75. The van der Waals surface area contributed by atoms with Gasteiger partial charge in [-0.25, -0.2) is 0 Å². The van der Waals surface area contributed by atoms with Crippen molar-refractivity contribution >= 4 is 0 Å². The monoisotopic (exact) mass is 253 g/mol. The van der Waals surface area contributed by atoms with Crippen LogP contribution in [0.2, 0.25) is 0 Å². The summed E-state index contributed by atoms with van der Waals surface area (Å²) in [6.07, 6.45) is 5.18. The third-order valence-corrected chi connectivity index (χ3v) is 5.01. The quantitative estimate of drug-likeness (QED) is 0.802. The fraction of sp³-hybridized carbons (Fsp3) is 1.00. The van der Waals surface area contributed by atoms with Crippen LogP contribution in [0, 0.1) is 0 Å². The van der Waals surface area contributed by atoms with Crippen LogP contribution in [0.25, 0.3) is 0 Å². The molecule has 0 aromatic carbocycles. The van der Waals surface area contributed by atoms with Gasteiger partial charge in [0.15, 0.2) is 0 Å². The second-order valence-electron chi connectivity index (χ2n) is 6.34.